The van der Waals surface area contributed by atoms with E-state index in [0.29, 0.717) is 5.82 Å². The van der Waals surface area contributed by atoms with Gasteiger partial charge in [0.15, 0.2) is 0 Å². The van der Waals surface area contributed by atoms with Crippen LogP contribution in [-0.2, 0) is 12.7 Å². The maximum Gasteiger partial charge on any atom is 0.417 e. The molecule has 0 spiro atoms. The lowest BCUT2D eigenvalue weighted by atomic mass is 10.2. The number of aromatic nitrogens is 3. The zero-order chi connectivity index (χ0) is 18.1. The first-order valence-corrected chi connectivity index (χ1v) is 8.42. The number of hydrogen-bond acceptors (Lipinski definition) is 4. The molecular formula is C18H18F3N5. The topological polar surface area (TPSA) is 48.0 Å². The number of H-pyrrole nitrogens is 1. The minimum Gasteiger partial charge on any atom is -0.354 e. The Morgan fingerprint density at radius 1 is 1.04 bits per heavy atom. The molecule has 4 heterocycles. The molecular weight excluding hydrogens is 343 g/mol. The number of hydrogen-bond donors (Lipinski definition) is 1. The highest BCUT2D eigenvalue weighted by molar-refractivity contribution is 5.79. The highest BCUT2D eigenvalue weighted by atomic mass is 19.4. The van der Waals surface area contributed by atoms with Crippen molar-refractivity contribution in [3.8, 4) is 0 Å². The third-order valence-corrected chi connectivity index (χ3v) is 4.70. The molecule has 0 radical (unpaired) electrons. The van der Waals surface area contributed by atoms with Crippen LogP contribution in [0.5, 0.6) is 0 Å². The van der Waals surface area contributed by atoms with Crippen LogP contribution >= 0.6 is 0 Å². The van der Waals surface area contributed by atoms with Gasteiger partial charge in [-0.05, 0) is 29.8 Å². The fourth-order valence-corrected chi connectivity index (χ4v) is 3.26. The Kier molecular flexibility index (Phi) is 4.28. The van der Waals surface area contributed by atoms with Gasteiger partial charge < -0.3 is 9.88 Å². The fourth-order valence-electron chi connectivity index (χ4n) is 3.26. The SMILES string of the molecule is FC(F)(F)c1ccc(N2CCN(Cc3c[nH]c4ncccc34)CC2)nc1. The van der Waals surface area contributed by atoms with Gasteiger partial charge >= 0.3 is 6.18 Å². The average molecular weight is 361 g/mol. The molecule has 136 valence electrons. The van der Waals surface area contributed by atoms with E-state index >= 15 is 0 Å². The molecule has 1 aliphatic rings. The summed E-state index contributed by atoms with van der Waals surface area (Å²) in [5.74, 6) is 0.592. The third kappa shape index (κ3) is 3.37. The van der Waals surface area contributed by atoms with Gasteiger partial charge in [0.05, 0.1) is 5.56 Å². The summed E-state index contributed by atoms with van der Waals surface area (Å²) in [4.78, 5) is 15.8. The molecule has 0 unspecified atom stereocenters. The monoisotopic (exact) mass is 361 g/mol. The van der Waals surface area contributed by atoms with E-state index in [4.69, 9.17) is 0 Å². The molecule has 1 N–H and O–H groups in total. The Labute approximate surface area is 148 Å². The molecule has 0 amide bonds. The van der Waals surface area contributed by atoms with Crippen LogP contribution in [-0.4, -0.2) is 46.0 Å². The molecule has 3 aromatic heterocycles. The molecule has 0 atom stereocenters. The average Bonchev–Trinajstić information content (AvgIpc) is 3.05. The highest BCUT2D eigenvalue weighted by Crippen LogP contribution is 2.29. The Balaban J connectivity index is 1.38. The summed E-state index contributed by atoms with van der Waals surface area (Å²) < 4.78 is 37.9. The number of alkyl halides is 3. The number of halogens is 3. The van der Waals surface area contributed by atoms with Crippen molar-refractivity contribution in [2.75, 3.05) is 31.1 Å². The Morgan fingerprint density at radius 3 is 2.54 bits per heavy atom. The van der Waals surface area contributed by atoms with Gasteiger partial charge in [-0.3, -0.25) is 4.90 Å². The van der Waals surface area contributed by atoms with Crippen molar-refractivity contribution in [2.45, 2.75) is 12.7 Å². The zero-order valence-corrected chi connectivity index (χ0v) is 14.0. The van der Waals surface area contributed by atoms with Crippen LogP contribution in [0.3, 0.4) is 0 Å². The van der Waals surface area contributed by atoms with Gasteiger partial charge in [0, 0.05) is 56.7 Å². The molecule has 4 rings (SSSR count). The lowest BCUT2D eigenvalue weighted by molar-refractivity contribution is -0.137. The molecule has 1 aliphatic heterocycles. The molecule has 0 aliphatic carbocycles. The van der Waals surface area contributed by atoms with Crippen molar-refractivity contribution in [1.29, 1.82) is 0 Å². The van der Waals surface area contributed by atoms with Crippen LogP contribution in [0.25, 0.3) is 11.0 Å². The molecule has 26 heavy (non-hydrogen) atoms. The summed E-state index contributed by atoms with van der Waals surface area (Å²) in [6.07, 6.45) is 0.305. The summed E-state index contributed by atoms with van der Waals surface area (Å²) in [6.45, 7) is 3.95. The van der Waals surface area contributed by atoms with E-state index in [1.165, 1.54) is 11.6 Å². The Hall–Kier alpha value is -2.61. The minimum atomic E-state index is -4.35. The van der Waals surface area contributed by atoms with Gasteiger partial charge in [-0.2, -0.15) is 13.2 Å². The van der Waals surface area contributed by atoms with E-state index in [2.05, 4.69) is 25.9 Å². The fraction of sp³-hybridized carbons (Fsp3) is 0.333. The second-order valence-electron chi connectivity index (χ2n) is 6.38. The summed E-state index contributed by atoms with van der Waals surface area (Å²) in [5.41, 5.74) is 1.37. The van der Waals surface area contributed by atoms with Gasteiger partial charge in [0.1, 0.15) is 11.5 Å². The number of nitrogens with one attached hydrogen (secondary N) is 1. The van der Waals surface area contributed by atoms with E-state index in [9.17, 15) is 13.2 Å². The Morgan fingerprint density at radius 2 is 1.85 bits per heavy atom. The van der Waals surface area contributed by atoms with Gasteiger partial charge in [0.2, 0.25) is 0 Å². The quantitative estimate of drug-likeness (QED) is 0.778. The Bertz CT molecular complexity index is 880. The number of pyridine rings is 2. The molecule has 5 nitrogen and oxygen atoms in total. The van der Waals surface area contributed by atoms with Crippen LogP contribution in [0.2, 0.25) is 0 Å². The number of anilines is 1. The zero-order valence-electron chi connectivity index (χ0n) is 14.0. The van der Waals surface area contributed by atoms with Crippen LogP contribution in [0.4, 0.5) is 19.0 Å². The summed E-state index contributed by atoms with van der Waals surface area (Å²) in [5, 5.41) is 1.12. The van der Waals surface area contributed by atoms with Crippen LogP contribution < -0.4 is 4.90 Å². The number of rotatable bonds is 3. The van der Waals surface area contributed by atoms with E-state index < -0.39 is 11.7 Å². The number of piperazine rings is 1. The first-order valence-electron chi connectivity index (χ1n) is 8.42. The largest absolute Gasteiger partial charge is 0.417 e. The smallest absolute Gasteiger partial charge is 0.354 e. The van der Waals surface area contributed by atoms with E-state index in [1.54, 1.807) is 6.20 Å². The summed E-state index contributed by atoms with van der Waals surface area (Å²) in [6, 6.07) is 6.52. The third-order valence-electron chi connectivity index (χ3n) is 4.70. The number of fused-ring (bicyclic) bond motifs is 1. The van der Waals surface area contributed by atoms with E-state index in [1.807, 2.05) is 17.2 Å². The first-order chi connectivity index (χ1) is 12.5. The predicted octanol–water partition coefficient (Wildman–Crippen LogP) is 3.30. The lowest BCUT2D eigenvalue weighted by Crippen LogP contribution is -2.46. The molecule has 0 saturated carbocycles. The summed E-state index contributed by atoms with van der Waals surface area (Å²) >= 11 is 0. The summed E-state index contributed by atoms with van der Waals surface area (Å²) in [7, 11) is 0. The molecule has 1 fully saturated rings. The second-order valence-corrected chi connectivity index (χ2v) is 6.38. The van der Waals surface area contributed by atoms with Crippen molar-refractivity contribution in [1.82, 2.24) is 19.9 Å². The number of nitrogens with zero attached hydrogens (tertiary/aromatic N) is 4. The molecule has 0 aromatic carbocycles. The molecule has 8 heteroatoms. The van der Waals surface area contributed by atoms with Crippen molar-refractivity contribution in [2.24, 2.45) is 0 Å². The maximum atomic E-state index is 12.6. The van der Waals surface area contributed by atoms with Crippen molar-refractivity contribution in [3.63, 3.8) is 0 Å². The van der Waals surface area contributed by atoms with Crippen molar-refractivity contribution < 1.29 is 13.2 Å². The first kappa shape index (κ1) is 16.8. The minimum absolute atomic E-state index is 0.592. The second kappa shape index (κ2) is 6.60. The van der Waals surface area contributed by atoms with Gasteiger partial charge in [0.25, 0.3) is 0 Å². The highest BCUT2D eigenvalue weighted by Gasteiger charge is 2.31. The molecule has 3 aromatic rings. The van der Waals surface area contributed by atoms with E-state index in [0.717, 1.165) is 56.0 Å². The van der Waals surface area contributed by atoms with Crippen LogP contribution in [0.15, 0.2) is 42.9 Å². The lowest BCUT2D eigenvalue weighted by Gasteiger charge is -2.35. The maximum absolute atomic E-state index is 12.6. The van der Waals surface area contributed by atoms with Gasteiger partial charge in [-0.1, -0.05) is 0 Å². The van der Waals surface area contributed by atoms with Crippen LogP contribution in [0.1, 0.15) is 11.1 Å². The molecule has 1 saturated heterocycles. The molecule has 0 bridgehead atoms. The van der Waals surface area contributed by atoms with Gasteiger partial charge in [-0.15, -0.1) is 0 Å². The van der Waals surface area contributed by atoms with E-state index in [-0.39, 0.29) is 0 Å². The standard InChI is InChI=1S/C18H18F3N5/c19-18(20,21)14-3-4-16(23-11-14)26-8-6-25(7-9-26)12-13-10-24-17-15(13)2-1-5-22-17/h1-5,10-11H,6-9,12H2,(H,22,24). The predicted molar refractivity (Wildman–Crippen MR) is 92.8 cm³/mol. The van der Waals surface area contributed by atoms with Crippen LogP contribution in [0, 0.1) is 0 Å². The van der Waals surface area contributed by atoms with Crippen molar-refractivity contribution >= 4 is 16.9 Å². The normalized spacial score (nSPS) is 16.3. The van der Waals surface area contributed by atoms with Gasteiger partial charge in [-0.25, -0.2) is 9.97 Å². The number of aromatic amines is 1. The van der Waals surface area contributed by atoms with Crippen molar-refractivity contribution in [3.05, 3.63) is 54.0 Å².